The number of aromatic nitrogens is 2. The molecule has 0 aliphatic carbocycles. The van der Waals surface area contributed by atoms with Gasteiger partial charge in [0.25, 0.3) is 5.91 Å². The number of rotatable bonds is 6. The second-order valence-corrected chi connectivity index (χ2v) is 6.47. The van der Waals surface area contributed by atoms with Crippen molar-refractivity contribution < 1.29 is 4.79 Å². The molecule has 3 rings (SSSR count). The topological polar surface area (TPSA) is 41.4 Å². The molecule has 1 aromatic carbocycles. The van der Waals surface area contributed by atoms with Crippen LogP contribution in [0.5, 0.6) is 0 Å². The molecule has 0 spiro atoms. The monoisotopic (exact) mass is 328 g/mol. The van der Waals surface area contributed by atoms with Crippen molar-refractivity contribution in [3.63, 3.8) is 0 Å². The first-order valence-electron chi connectivity index (χ1n) is 9.21. The van der Waals surface area contributed by atoms with E-state index in [1.165, 1.54) is 32.4 Å². The Labute approximate surface area is 144 Å². The molecule has 5 nitrogen and oxygen atoms in total. The normalized spacial score (nSPS) is 15.8. The van der Waals surface area contributed by atoms with Gasteiger partial charge in [-0.15, -0.1) is 0 Å². The van der Waals surface area contributed by atoms with Crippen molar-refractivity contribution in [3.8, 4) is 0 Å². The van der Waals surface area contributed by atoms with Gasteiger partial charge in [-0.05, 0) is 45.8 Å². The molecule has 0 radical (unpaired) electrons. The van der Waals surface area contributed by atoms with Gasteiger partial charge in [0.2, 0.25) is 0 Å². The maximum atomic E-state index is 12.8. The summed E-state index contributed by atoms with van der Waals surface area (Å²) >= 11 is 0. The summed E-state index contributed by atoms with van der Waals surface area (Å²) in [5.74, 6) is 0.0351. The number of nitrogens with zero attached hydrogens (tertiary/aromatic N) is 4. The van der Waals surface area contributed by atoms with Crippen LogP contribution in [-0.2, 0) is 6.54 Å². The quantitative estimate of drug-likeness (QED) is 0.818. The first kappa shape index (κ1) is 17.0. The van der Waals surface area contributed by atoms with Crippen LogP contribution >= 0.6 is 0 Å². The summed E-state index contributed by atoms with van der Waals surface area (Å²) in [6, 6.07) is 8.08. The molecule has 0 N–H and O–H groups in total. The van der Waals surface area contributed by atoms with Crippen LogP contribution in [0.1, 0.15) is 43.6 Å². The number of hydrogen-bond acceptors (Lipinski definition) is 3. The summed E-state index contributed by atoms with van der Waals surface area (Å²) in [5, 5.41) is 5.66. The van der Waals surface area contributed by atoms with Crippen LogP contribution in [0.15, 0.2) is 24.3 Å². The highest BCUT2D eigenvalue weighted by Gasteiger charge is 2.21. The van der Waals surface area contributed by atoms with E-state index >= 15 is 0 Å². The number of carbonyl (C=O) groups excluding carboxylic acids is 1. The molecule has 0 atom stereocenters. The summed E-state index contributed by atoms with van der Waals surface area (Å²) in [4.78, 5) is 17.1. The second-order valence-electron chi connectivity index (χ2n) is 6.47. The van der Waals surface area contributed by atoms with Crippen molar-refractivity contribution in [2.24, 2.45) is 0 Å². The zero-order valence-electron chi connectivity index (χ0n) is 14.9. The lowest BCUT2D eigenvalue weighted by Crippen LogP contribution is -2.33. The fraction of sp³-hybridized carbons (Fsp3) is 0.579. The molecule has 1 aliphatic heterocycles. The zero-order chi connectivity index (χ0) is 16.9. The first-order chi connectivity index (χ1) is 11.7. The van der Waals surface area contributed by atoms with Crippen LogP contribution in [-0.4, -0.2) is 58.2 Å². The maximum absolute atomic E-state index is 12.8. The van der Waals surface area contributed by atoms with Gasteiger partial charge >= 0.3 is 0 Å². The number of carbonyl (C=O) groups is 1. The predicted molar refractivity (Wildman–Crippen MR) is 97.3 cm³/mol. The summed E-state index contributed by atoms with van der Waals surface area (Å²) in [6.07, 6.45) is 3.95. The molecule has 1 fully saturated rings. The zero-order valence-corrected chi connectivity index (χ0v) is 14.9. The Morgan fingerprint density at radius 3 is 2.50 bits per heavy atom. The predicted octanol–water partition coefficient (Wildman–Crippen LogP) is 3.00. The molecular weight excluding hydrogens is 300 g/mol. The summed E-state index contributed by atoms with van der Waals surface area (Å²) in [6.45, 7) is 9.66. The van der Waals surface area contributed by atoms with Crippen molar-refractivity contribution >= 4 is 16.8 Å². The molecule has 2 aromatic rings. The number of amides is 1. The molecule has 0 unspecified atom stereocenters. The third-order valence-electron chi connectivity index (χ3n) is 4.99. The number of para-hydroxylation sites is 1. The minimum absolute atomic E-state index is 0.0351. The maximum Gasteiger partial charge on any atom is 0.274 e. The minimum atomic E-state index is 0.0351. The van der Waals surface area contributed by atoms with Gasteiger partial charge in [-0.25, -0.2) is 0 Å². The van der Waals surface area contributed by atoms with E-state index in [9.17, 15) is 4.79 Å². The molecule has 1 aromatic heterocycles. The SMILES string of the molecule is CCN(CC)C(=O)c1nn(CCN2CCCCC2)c2ccccc12. The molecule has 5 heteroatoms. The fourth-order valence-electron chi connectivity index (χ4n) is 3.54. The molecule has 24 heavy (non-hydrogen) atoms. The lowest BCUT2D eigenvalue weighted by molar-refractivity contribution is 0.0768. The standard InChI is InChI=1S/C19H28N4O/c1-3-22(4-2)19(24)18-16-10-6-7-11-17(16)23(20-18)15-14-21-12-8-5-9-13-21/h6-7,10-11H,3-5,8-9,12-15H2,1-2H3. The Hall–Kier alpha value is -1.88. The lowest BCUT2D eigenvalue weighted by atomic mass is 10.1. The highest BCUT2D eigenvalue weighted by molar-refractivity contribution is 6.04. The molecule has 0 saturated carbocycles. The smallest absolute Gasteiger partial charge is 0.274 e. The Morgan fingerprint density at radius 1 is 1.08 bits per heavy atom. The molecule has 2 heterocycles. The van der Waals surface area contributed by atoms with Crippen molar-refractivity contribution in [2.45, 2.75) is 39.7 Å². The minimum Gasteiger partial charge on any atom is -0.338 e. The fourth-order valence-corrected chi connectivity index (χ4v) is 3.54. The van der Waals surface area contributed by atoms with Crippen LogP contribution in [0.4, 0.5) is 0 Å². The van der Waals surface area contributed by atoms with E-state index in [1.807, 2.05) is 41.6 Å². The van der Waals surface area contributed by atoms with Crippen LogP contribution in [0.25, 0.3) is 10.9 Å². The number of likely N-dealkylation sites (tertiary alicyclic amines) is 1. The van der Waals surface area contributed by atoms with Gasteiger partial charge in [0.05, 0.1) is 12.1 Å². The Balaban J connectivity index is 1.84. The van der Waals surface area contributed by atoms with Gasteiger partial charge in [0.15, 0.2) is 5.69 Å². The highest BCUT2D eigenvalue weighted by Crippen LogP contribution is 2.20. The van der Waals surface area contributed by atoms with Gasteiger partial charge in [-0.3, -0.25) is 9.48 Å². The number of benzene rings is 1. The van der Waals surface area contributed by atoms with Crippen LogP contribution in [0.3, 0.4) is 0 Å². The van der Waals surface area contributed by atoms with Crippen molar-refractivity contribution in [3.05, 3.63) is 30.0 Å². The summed E-state index contributed by atoms with van der Waals surface area (Å²) in [5.41, 5.74) is 1.65. The molecule has 1 amide bonds. The summed E-state index contributed by atoms with van der Waals surface area (Å²) < 4.78 is 2.01. The van der Waals surface area contributed by atoms with E-state index in [-0.39, 0.29) is 5.91 Å². The van der Waals surface area contributed by atoms with Crippen molar-refractivity contribution in [1.82, 2.24) is 19.6 Å². The molecule has 0 bridgehead atoms. The third kappa shape index (κ3) is 3.46. The van der Waals surface area contributed by atoms with Crippen LogP contribution < -0.4 is 0 Å². The largest absolute Gasteiger partial charge is 0.338 e. The van der Waals surface area contributed by atoms with Crippen LogP contribution in [0.2, 0.25) is 0 Å². The average Bonchev–Trinajstić information content (AvgIpc) is 3.01. The first-order valence-corrected chi connectivity index (χ1v) is 9.21. The van der Waals surface area contributed by atoms with Crippen molar-refractivity contribution in [1.29, 1.82) is 0 Å². The van der Waals surface area contributed by atoms with Gasteiger partial charge in [-0.2, -0.15) is 5.10 Å². The lowest BCUT2D eigenvalue weighted by Gasteiger charge is -2.26. The van der Waals surface area contributed by atoms with E-state index in [0.717, 1.165) is 24.0 Å². The van der Waals surface area contributed by atoms with E-state index in [2.05, 4.69) is 16.1 Å². The van der Waals surface area contributed by atoms with E-state index in [1.54, 1.807) is 0 Å². The Bertz CT molecular complexity index is 684. The molecular formula is C19H28N4O. The van der Waals surface area contributed by atoms with Crippen molar-refractivity contribution in [2.75, 3.05) is 32.7 Å². The number of piperidine rings is 1. The van der Waals surface area contributed by atoms with Gasteiger partial charge in [0, 0.05) is 25.0 Å². The van der Waals surface area contributed by atoms with Gasteiger partial charge in [-0.1, -0.05) is 24.6 Å². The third-order valence-corrected chi connectivity index (χ3v) is 4.99. The average molecular weight is 328 g/mol. The second kappa shape index (κ2) is 7.79. The molecule has 130 valence electrons. The van der Waals surface area contributed by atoms with E-state index in [0.29, 0.717) is 18.8 Å². The van der Waals surface area contributed by atoms with Gasteiger partial charge in [0.1, 0.15) is 0 Å². The Kier molecular flexibility index (Phi) is 5.51. The number of fused-ring (bicyclic) bond motifs is 1. The van der Waals surface area contributed by atoms with E-state index in [4.69, 9.17) is 0 Å². The Morgan fingerprint density at radius 2 is 1.79 bits per heavy atom. The highest BCUT2D eigenvalue weighted by atomic mass is 16.2. The molecule has 1 aliphatic rings. The van der Waals surface area contributed by atoms with E-state index < -0.39 is 0 Å². The van der Waals surface area contributed by atoms with Gasteiger partial charge < -0.3 is 9.80 Å². The summed E-state index contributed by atoms with van der Waals surface area (Å²) in [7, 11) is 0. The molecule has 1 saturated heterocycles. The number of hydrogen-bond donors (Lipinski definition) is 0. The van der Waals surface area contributed by atoms with Crippen LogP contribution in [0, 0.1) is 0 Å².